The third-order valence-corrected chi connectivity index (χ3v) is 5.82. The van der Waals surface area contributed by atoms with E-state index in [9.17, 15) is 37.5 Å². The minimum absolute atomic E-state index is 0.0338. The van der Waals surface area contributed by atoms with Crippen LogP contribution in [0.15, 0.2) is 24.3 Å². The lowest BCUT2D eigenvalue weighted by Gasteiger charge is -2.44. The van der Waals surface area contributed by atoms with Crippen molar-refractivity contribution in [2.75, 3.05) is 7.05 Å². The first-order valence-electron chi connectivity index (χ1n) is 9.91. The van der Waals surface area contributed by atoms with Gasteiger partial charge in [0.2, 0.25) is 5.78 Å². The molecule has 0 aromatic heterocycles. The molecule has 182 valence electrons. The van der Waals surface area contributed by atoms with Gasteiger partial charge in [0.1, 0.15) is 5.54 Å². The molecular weight excluding hydrogens is 451 g/mol. The van der Waals surface area contributed by atoms with Gasteiger partial charge in [-0.1, -0.05) is 12.1 Å². The average Bonchev–Trinajstić information content (AvgIpc) is 2.69. The van der Waals surface area contributed by atoms with Gasteiger partial charge in [-0.2, -0.15) is 13.2 Å². The molecule has 1 aliphatic rings. The van der Waals surface area contributed by atoms with Gasteiger partial charge >= 0.3 is 24.1 Å². The number of halogens is 3. The molecule has 1 aromatic carbocycles. The van der Waals surface area contributed by atoms with Crippen molar-refractivity contribution in [1.29, 1.82) is 0 Å². The van der Waals surface area contributed by atoms with Crippen molar-refractivity contribution in [3.63, 3.8) is 0 Å². The molecule has 0 heterocycles. The molecule has 9 nitrogen and oxygen atoms in total. The Morgan fingerprint density at radius 1 is 1.09 bits per heavy atom. The lowest BCUT2D eigenvalue weighted by atomic mass is 9.69. The van der Waals surface area contributed by atoms with Crippen molar-refractivity contribution in [3.05, 3.63) is 35.4 Å². The number of aliphatic hydroxyl groups is 1. The molecule has 3 atom stereocenters. The highest BCUT2D eigenvalue weighted by atomic mass is 19.4. The number of carbonyl (C=O) groups is 4. The van der Waals surface area contributed by atoms with Crippen molar-refractivity contribution in [1.82, 2.24) is 5.32 Å². The number of hydrogen-bond acceptors (Lipinski definition) is 7. The minimum atomic E-state index is -4.57. The van der Waals surface area contributed by atoms with Gasteiger partial charge in [0.15, 0.2) is 11.2 Å². The van der Waals surface area contributed by atoms with Crippen molar-refractivity contribution < 1.29 is 52.4 Å². The van der Waals surface area contributed by atoms with E-state index in [1.165, 1.54) is 14.0 Å². The van der Waals surface area contributed by atoms with Crippen LogP contribution in [0.5, 0.6) is 0 Å². The van der Waals surface area contributed by atoms with Crippen molar-refractivity contribution in [2.24, 2.45) is 0 Å². The van der Waals surface area contributed by atoms with E-state index in [2.05, 4.69) is 5.32 Å². The Kier molecular flexibility index (Phi) is 7.24. The standard InChI is InChI=1S/C21H24F3NO8/c1-18(33-15(28)11-19(32,17(30)31)10-14(26)27)8-3-9-20(25-2,16(18)29)12-4-6-13(7-5-12)21(22,23)24/h4-7,25,32H,3,8-11H2,1-2H3,(H,26,27)(H,30,31)/t18-,19?,20+/m0/s1. The Hall–Kier alpha value is -2.99. The van der Waals surface area contributed by atoms with Gasteiger partial charge < -0.3 is 25.4 Å². The molecule has 0 aliphatic heterocycles. The largest absolute Gasteiger partial charge is 0.481 e. The molecule has 2 rings (SSSR count). The van der Waals surface area contributed by atoms with Crippen LogP contribution in [0.25, 0.3) is 0 Å². The summed E-state index contributed by atoms with van der Waals surface area (Å²) in [7, 11) is 1.43. The van der Waals surface area contributed by atoms with Gasteiger partial charge in [-0.05, 0) is 50.9 Å². The van der Waals surface area contributed by atoms with Crippen LogP contribution < -0.4 is 5.32 Å². The molecule has 0 amide bonds. The summed E-state index contributed by atoms with van der Waals surface area (Å²) >= 11 is 0. The van der Waals surface area contributed by atoms with Crippen LogP contribution in [0.2, 0.25) is 0 Å². The number of carbonyl (C=O) groups excluding carboxylic acids is 2. The van der Waals surface area contributed by atoms with E-state index in [-0.39, 0.29) is 18.4 Å². The number of Topliss-reactive ketones (excluding diaryl/α,β-unsaturated/α-hetero) is 1. The second-order valence-corrected chi connectivity index (χ2v) is 8.20. The molecule has 1 unspecified atom stereocenters. The number of nitrogens with one attached hydrogen (secondary N) is 1. The fraction of sp³-hybridized carbons (Fsp3) is 0.524. The molecule has 12 heteroatoms. The lowest BCUT2D eigenvalue weighted by molar-refractivity contribution is -0.182. The van der Waals surface area contributed by atoms with E-state index < -0.39 is 65.0 Å². The molecule has 1 aromatic rings. The van der Waals surface area contributed by atoms with Crippen molar-refractivity contribution in [3.8, 4) is 0 Å². The van der Waals surface area contributed by atoms with Crippen LogP contribution in [0.1, 0.15) is 50.2 Å². The quantitative estimate of drug-likeness (QED) is 0.413. The smallest absolute Gasteiger partial charge is 0.416 e. The zero-order chi connectivity index (χ0) is 25.2. The number of ether oxygens (including phenoxy) is 1. The summed E-state index contributed by atoms with van der Waals surface area (Å²) in [6.45, 7) is 1.28. The molecular formula is C21H24F3NO8. The third kappa shape index (κ3) is 5.33. The number of ketones is 1. The number of carboxylic acid groups (broad SMARTS) is 2. The molecule has 33 heavy (non-hydrogen) atoms. The molecule has 0 spiro atoms. The highest BCUT2D eigenvalue weighted by molar-refractivity contribution is 5.99. The maximum absolute atomic E-state index is 13.5. The first-order valence-corrected chi connectivity index (χ1v) is 9.91. The lowest BCUT2D eigenvalue weighted by Crippen LogP contribution is -2.60. The number of hydrogen-bond donors (Lipinski definition) is 4. The summed E-state index contributed by atoms with van der Waals surface area (Å²) in [4.78, 5) is 48.0. The van der Waals surface area contributed by atoms with Crippen LogP contribution >= 0.6 is 0 Å². The molecule has 1 fully saturated rings. The van der Waals surface area contributed by atoms with E-state index in [4.69, 9.17) is 14.9 Å². The highest BCUT2D eigenvalue weighted by Crippen LogP contribution is 2.42. The van der Waals surface area contributed by atoms with Gasteiger partial charge in [0.25, 0.3) is 0 Å². The molecule has 1 aliphatic carbocycles. The summed E-state index contributed by atoms with van der Waals surface area (Å²) < 4.78 is 44.0. The zero-order valence-corrected chi connectivity index (χ0v) is 17.9. The van der Waals surface area contributed by atoms with Gasteiger partial charge in [0, 0.05) is 0 Å². The van der Waals surface area contributed by atoms with E-state index in [1.54, 1.807) is 0 Å². The van der Waals surface area contributed by atoms with Gasteiger partial charge in [-0.3, -0.25) is 14.4 Å². The van der Waals surface area contributed by atoms with Crippen LogP contribution in [0.3, 0.4) is 0 Å². The number of aliphatic carboxylic acids is 2. The van der Waals surface area contributed by atoms with Crippen LogP contribution in [0.4, 0.5) is 13.2 Å². The topological polar surface area (TPSA) is 150 Å². The number of carboxylic acids is 2. The Balaban J connectivity index is 2.32. The molecule has 0 radical (unpaired) electrons. The first kappa shape index (κ1) is 26.3. The van der Waals surface area contributed by atoms with E-state index in [0.29, 0.717) is 6.42 Å². The minimum Gasteiger partial charge on any atom is -0.481 e. The fourth-order valence-electron chi connectivity index (χ4n) is 4.06. The maximum atomic E-state index is 13.5. The Morgan fingerprint density at radius 2 is 1.67 bits per heavy atom. The Labute approximate surface area is 186 Å². The normalized spacial score (nSPS) is 25.2. The van der Waals surface area contributed by atoms with Crippen molar-refractivity contribution in [2.45, 2.75) is 61.9 Å². The summed E-state index contributed by atoms with van der Waals surface area (Å²) in [6.07, 6.45) is -6.51. The number of rotatable bonds is 8. The number of likely N-dealkylation sites (N-methyl/N-ethyl adjacent to an activating group) is 1. The van der Waals surface area contributed by atoms with Crippen LogP contribution in [-0.2, 0) is 35.6 Å². The first-order chi connectivity index (χ1) is 15.1. The summed E-state index contributed by atoms with van der Waals surface area (Å²) in [5, 5.41) is 30.8. The maximum Gasteiger partial charge on any atom is 0.416 e. The van der Waals surface area contributed by atoms with E-state index in [1.807, 2.05) is 0 Å². The molecule has 0 bridgehead atoms. The van der Waals surface area contributed by atoms with Gasteiger partial charge in [0.05, 0.1) is 18.4 Å². The second kappa shape index (κ2) is 9.10. The fourth-order valence-corrected chi connectivity index (χ4v) is 4.06. The SMILES string of the molecule is CN[C@@]1(c2ccc(C(F)(F)F)cc2)CCC[C@](C)(OC(=O)CC(O)(CC(=O)O)C(=O)O)C1=O. The summed E-state index contributed by atoms with van der Waals surface area (Å²) in [5.74, 6) is -5.59. The Bertz CT molecular complexity index is 948. The summed E-state index contributed by atoms with van der Waals surface area (Å²) in [6, 6.07) is 3.97. The molecule has 1 saturated carbocycles. The average molecular weight is 475 g/mol. The number of esters is 1. The van der Waals surface area contributed by atoms with Crippen LogP contribution in [-0.4, -0.2) is 57.3 Å². The van der Waals surface area contributed by atoms with Gasteiger partial charge in [-0.25, -0.2) is 4.79 Å². The summed E-state index contributed by atoms with van der Waals surface area (Å²) in [5.41, 5.74) is -6.91. The number of alkyl halides is 3. The van der Waals surface area contributed by atoms with E-state index in [0.717, 1.165) is 24.3 Å². The Morgan fingerprint density at radius 3 is 2.12 bits per heavy atom. The monoisotopic (exact) mass is 475 g/mol. The van der Waals surface area contributed by atoms with Crippen molar-refractivity contribution >= 4 is 23.7 Å². The second-order valence-electron chi connectivity index (χ2n) is 8.20. The number of benzene rings is 1. The predicted molar refractivity (Wildman–Crippen MR) is 105 cm³/mol. The zero-order valence-electron chi connectivity index (χ0n) is 17.9. The van der Waals surface area contributed by atoms with Crippen LogP contribution in [0, 0.1) is 0 Å². The predicted octanol–water partition coefficient (Wildman–Crippen LogP) is 1.86. The third-order valence-electron chi connectivity index (χ3n) is 5.82. The van der Waals surface area contributed by atoms with Gasteiger partial charge in [-0.15, -0.1) is 0 Å². The molecule has 4 N–H and O–H groups in total. The molecule has 0 saturated heterocycles. The highest BCUT2D eigenvalue weighted by Gasteiger charge is 2.54. The van der Waals surface area contributed by atoms with E-state index >= 15 is 0 Å².